The quantitative estimate of drug-likeness (QED) is 0.307. The van der Waals surface area contributed by atoms with Gasteiger partial charge in [-0.25, -0.2) is 0 Å². The number of carbonyl (C=O) groups excluding carboxylic acids is 1. The van der Waals surface area contributed by atoms with Crippen molar-refractivity contribution in [2.24, 2.45) is 5.41 Å². The second-order valence-electron chi connectivity index (χ2n) is 11.7. The standard InChI is InChI=1S/C30H44O2/c1-11-21(3)23-15-13-22(14-16-23)20-30(9,10)25-17-24(28(4,5)6)18-26(19-25)32-27(31)29(7,8)12-2/h13-19,21H,11-12,20H2,1-10H3. The number of carbonyl (C=O) groups is 1. The van der Waals surface area contributed by atoms with Crippen molar-refractivity contribution >= 4 is 5.97 Å². The van der Waals surface area contributed by atoms with Crippen molar-refractivity contribution in [3.05, 3.63) is 64.7 Å². The first-order chi connectivity index (χ1) is 14.7. The molecule has 0 radical (unpaired) electrons. The van der Waals surface area contributed by atoms with Gasteiger partial charge in [-0.15, -0.1) is 0 Å². The minimum atomic E-state index is -0.495. The number of esters is 1. The highest BCUT2D eigenvalue weighted by molar-refractivity contribution is 5.78. The van der Waals surface area contributed by atoms with Gasteiger partial charge in [0.15, 0.2) is 0 Å². The summed E-state index contributed by atoms with van der Waals surface area (Å²) in [5.74, 6) is 1.07. The van der Waals surface area contributed by atoms with Crippen LogP contribution in [0.1, 0.15) is 110 Å². The summed E-state index contributed by atoms with van der Waals surface area (Å²) < 4.78 is 5.91. The molecule has 32 heavy (non-hydrogen) atoms. The first-order valence-electron chi connectivity index (χ1n) is 12.2. The molecule has 0 bridgehead atoms. The summed E-state index contributed by atoms with van der Waals surface area (Å²) in [6.07, 6.45) is 2.83. The normalized spacial score (nSPS) is 13.7. The summed E-state index contributed by atoms with van der Waals surface area (Å²) >= 11 is 0. The van der Waals surface area contributed by atoms with Crippen molar-refractivity contribution < 1.29 is 9.53 Å². The third-order valence-electron chi connectivity index (χ3n) is 7.01. The second kappa shape index (κ2) is 9.81. The van der Waals surface area contributed by atoms with Gasteiger partial charge in [-0.1, -0.05) is 85.7 Å². The molecule has 1 atom stereocenters. The van der Waals surface area contributed by atoms with Gasteiger partial charge in [-0.3, -0.25) is 4.79 Å². The lowest BCUT2D eigenvalue weighted by Crippen LogP contribution is -2.29. The lowest BCUT2D eigenvalue weighted by molar-refractivity contribution is -0.144. The molecular weight excluding hydrogens is 392 g/mol. The number of hydrogen-bond acceptors (Lipinski definition) is 2. The fourth-order valence-corrected chi connectivity index (χ4v) is 3.68. The molecule has 0 spiro atoms. The molecule has 0 aromatic heterocycles. The van der Waals surface area contributed by atoms with Crippen LogP contribution in [0.5, 0.6) is 5.75 Å². The Hall–Kier alpha value is -2.09. The molecule has 2 aromatic rings. The van der Waals surface area contributed by atoms with Gasteiger partial charge in [0.1, 0.15) is 5.75 Å². The van der Waals surface area contributed by atoms with Gasteiger partial charge in [-0.05, 0) is 84.2 Å². The molecule has 0 aliphatic carbocycles. The smallest absolute Gasteiger partial charge is 0.316 e. The Balaban J connectivity index is 2.39. The Morgan fingerprint density at radius 3 is 1.94 bits per heavy atom. The molecule has 0 N–H and O–H groups in total. The Labute approximate surface area is 196 Å². The topological polar surface area (TPSA) is 26.3 Å². The second-order valence-corrected chi connectivity index (χ2v) is 11.7. The number of ether oxygens (including phenoxy) is 1. The first kappa shape index (κ1) is 26.2. The van der Waals surface area contributed by atoms with Crippen LogP contribution in [-0.4, -0.2) is 5.97 Å². The van der Waals surface area contributed by atoms with Crippen LogP contribution in [0.15, 0.2) is 42.5 Å². The van der Waals surface area contributed by atoms with E-state index >= 15 is 0 Å². The molecule has 1 unspecified atom stereocenters. The Bertz CT molecular complexity index is 911. The number of benzene rings is 2. The fourth-order valence-electron chi connectivity index (χ4n) is 3.68. The van der Waals surface area contributed by atoms with Crippen molar-refractivity contribution in [1.82, 2.24) is 0 Å². The van der Waals surface area contributed by atoms with Gasteiger partial charge in [0.05, 0.1) is 5.41 Å². The van der Waals surface area contributed by atoms with Crippen molar-refractivity contribution in [2.45, 2.75) is 105 Å². The molecule has 0 aliphatic rings. The van der Waals surface area contributed by atoms with Gasteiger partial charge >= 0.3 is 5.97 Å². The van der Waals surface area contributed by atoms with E-state index in [1.165, 1.54) is 22.3 Å². The van der Waals surface area contributed by atoms with Crippen molar-refractivity contribution in [3.8, 4) is 5.75 Å². The van der Waals surface area contributed by atoms with E-state index in [0.717, 1.165) is 19.3 Å². The minimum Gasteiger partial charge on any atom is -0.426 e. The Morgan fingerprint density at radius 2 is 1.44 bits per heavy atom. The predicted octanol–water partition coefficient (Wildman–Crippen LogP) is 8.36. The van der Waals surface area contributed by atoms with Crippen LogP contribution < -0.4 is 4.74 Å². The van der Waals surface area contributed by atoms with E-state index in [0.29, 0.717) is 11.7 Å². The van der Waals surface area contributed by atoms with Gasteiger partial charge in [0.25, 0.3) is 0 Å². The van der Waals surface area contributed by atoms with Crippen LogP contribution in [0.2, 0.25) is 0 Å². The summed E-state index contributed by atoms with van der Waals surface area (Å²) in [6, 6.07) is 15.5. The summed E-state index contributed by atoms with van der Waals surface area (Å²) in [7, 11) is 0. The van der Waals surface area contributed by atoms with Crippen LogP contribution in [0.4, 0.5) is 0 Å². The van der Waals surface area contributed by atoms with Gasteiger partial charge < -0.3 is 4.74 Å². The maximum absolute atomic E-state index is 12.8. The van der Waals surface area contributed by atoms with E-state index in [-0.39, 0.29) is 16.8 Å². The third kappa shape index (κ3) is 6.47. The molecule has 2 aromatic carbocycles. The molecule has 0 saturated heterocycles. The highest BCUT2D eigenvalue weighted by Gasteiger charge is 2.30. The van der Waals surface area contributed by atoms with E-state index in [1.54, 1.807) is 0 Å². The maximum Gasteiger partial charge on any atom is 0.316 e. The van der Waals surface area contributed by atoms with E-state index in [2.05, 4.69) is 84.9 Å². The average Bonchev–Trinajstić information content (AvgIpc) is 2.72. The summed E-state index contributed by atoms with van der Waals surface area (Å²) in [5, 5.41) is 0. The molecule has 0 amide bonds. The van der Waals surface area contributed by atoms with Crippen LogP contribution in [0, 0.1) is 5.41 Å². The molecule has 2 nitrogen and oxygen atoms in total. The van der Waals surface area contributed by atoms with Crippen LogP contribution >= 0.6 is 0 Å². The fraction of sp³-hybridized carbons (Fsp3) is 0.567. The maximum atomic E-state index is 12.8. The molecule has 0 heterocycles. The Kier molecular flexibility index (Phi) is 8.02. The summed E-state index contributed by atoms with van der Waals surface area (Å²) in [4.78, 5) is 12.8. The molecular formula is C30H44O2. The monoisotopic (exact) mass is 436 g/mol. The van der Waals surface area contributed by atoms with E-state index in [9.17, 15) is 4.79 Å². The van der Waals surface area contributed by atoms with Crippen molar-refractivity contribution in [2.75, 3.05) is 0 Å². The van der Waals surface area contributed by atoms with Crippen molar-refractivity contribution in [1.29, 1.82) is 0 Å². The van der Waals surface area contributed by atoms with E-state index in [4.69, 9.17) is 4.74 Å². The highest BCUT2D eigenvalue weighted by atomic mass is 16.5. The molecule has 0 fully saturated rings. The van der Waals surface area contributed by atoms with E-state index < -0.39 is 5.41 Å². The zero-order chi connectivity index (χ0) is 24.3. The average molecular weight is 437 g/mol. The molecule has 0 aliphatic heterocycles. The first-order valence-corrected chi connectivity index (χ1v) is 12.2. The van der Waals surface area contributed by atoms with Gasteiger partial charge in [0.2, 0.25) is 0 Å². The van der Waals surface area contributed by atoms with E-state index in [1.807, 2.05) is 26.8 Å². The number of hydrogen-bond donors (Lipinski definition) is 0. The van der Waals surface area contributed by atoms with Crippen LogP contribution in [-0.2, 0) is 22.0 Å². The van der Waals surface area contributed by atoms with Crippen LogP contribution in [0.25, 0.3) is 0 Å². The van der Waals surface area contributed by atoms with Gasteiger partial charge in [-0.2, -0.15) is 0 Å². The van der Waals surface area contributed by atoms with Gasteiger partial charge in [0, 0.05) is 0 Å². The zero-order valence-corrected chi connectivity index (χ0v) is 22.1. The zero-order valence-electron chi connectivity index (χ0n) is 22.1. The summed E-state index contributed by atoms with van der Waals surface area (Å²) in [6.45, 7) is 21.6. The minimum absolute atomic E-state index is 0.0362. The molecule has 2 heteroatoms. The third-order valence-corrected chi connectivity index (χ3v) is 7.01. The largest absolute Gasteiger partial charge is 0.426 e. The highest BCUT2D eigenvalue weighted by Crippen LogP contribution is 2.36. The lowest BCUT2D eigenvalue weighted by Gasteiger charge is -2.30. The number of rotatable bonds is 8. The predicted molar refractivity (Wildman–Crippen MR) is 137 cm³/mol. The van der Waals surface area contributed by atoms with Crippen molar-refractivity contribution in [3.63, 3.8) is 0 Å². The summed E-state index contributed by atoms with van der Waals surface area (Å²) in [5.41, 5.74) is 4.49. The molecule has 176 valence electrons. The molecule has 2 rings (SSSR count). The SMILES string of the molecule is CCC(C)c1ccc(CC(C)(C)c2cc(OC(=O)C(C)(C)CC)cc(C(C)(C)C)c2)cc1. The molecule has 0 saturated carbocycles. The Morgan fingerprint density at radius 1 is 0.875 bits per heavy atom. The van der Waals surface area contributed by atoms with Crippen LogP contribution in [0.3, 0.4) is 0 Å². The lowest BCUT2D eigenvalue weighted by atomic mass is 9.76.